The Kier molecular flexibility index (Phi) is 4.77. The molecule has 0 spiro atoms. The van der Waals surface area contributed by atoms with Crippen molar-refractivity contribution in [2.24, 2.45) is 0 Å². The van der Waals surface area contributed by atoms with Crippen LogP contribution in [0.25, 0.3) is 11.3 Å². The van der Waals surface area contributed by atoms with Gasteiger partial charge in [0.1, 0.15) is 5.75 Å². The van der Waals surface area contributed by atoms with Crippen molar-refractivity contribution in [2.75, 3.05) is 33.3 Å². The Morgan fingerprint density at radius 1 is 1.03 bits per heavy atom. The number of nitrogens with zero attached hydrogens (tertiary/aromatic N) is 3. The highest BCUT2D eigenvalue weighted by Crippen LogP contribution is 2.50. The fraction of sp³-hybridized carbons (Fsp3) is 0.348. The monoisotopic (exact) mass is 421 g/mol. The van der Waals surface area contributed by atoms with E-state index in [4.69, 9.17) is 13.7 Å². The number of furan rings is 1. The van der Waals surface area contributed by atoms with Crippen molar-refractivity contribution in [2.45, 2.75) is 18.3 Å². The third-order valence-electron chi connectivity index (χ3n) is 6.10. The van der Waals surface area contributed by atoms with Gasteiger partial charge in [-0.25, -0.2) is 0 Å². The maximum atomic E-state index is 13.3. The number of carbonyl (C=O) groups is 2. The SMILES string of the molecule is COc1cccc(-c2cc(C3(C(=O)N4CCN(C(=O)c5ccco5)CC4)CC3)no2)c1. The summed E-state index contributed by atoms with van der Waals surface area (Å²) in [6.07, 6.45) is 2.99. The van der Waals surface area contributed by atoms with Crippen molar-refractivity contribution in [1.29, 1.82) is 0 Å². The van der Waals surface area contributed by atoms with Crippen LogP contribution >= 0.6 is 0 Å². The lowest BCUT2D eigenvalue weighted by Crippen LogP contribution is -2.53. The van der Waals surface area contributed by atoms with Crippen LogP contribution < -0.4 is 4.74 Å². The molecule has 0 atom stereocenters. The molecule has 3 heterocycles. The molecular weight excluding hydrogens is 398 g/mol. The molecule has 0 bridgehead atoms. The summed E-state index contributed by atoms with van der Waals surface area (Å²) < 4.78 is 16.0. The number of rotatable bonds is 5. The quantitative estimate of drug-likeness (QED) is 0.629. The van der Waals surface area contributed by atoms with Crippen molar-refractivity contribution in [1.82, 2.24) is 15.0 Å². The number of amides is 2. The zero-order valence-corrected chi connectivity index (χ0v) is 17.2. The first-order chi connectivity index (χ1) is 15.1. The minimum Gasteiger partial charge on any atom is -0.497 e. The number of ether oxygens (including phenoxy) is 1. The molecule has 0 N–H and O–H groups in total. The Morgan fingerprint density at radius 2 is 1.81 bits per heavy atom. The van der Waals surface area contributed by atoms with Gasteiger partial charge < -0.3 is 23.5 Å². The number of methoxy groups -OCH3 is 1. The van der Waals surface area contributed by atoms with E-state index < -0.39 is 5.41 Å². The summed E-state index contributed by atoms with van der Waals surface area (Å²) in [5.41, 5.74) is 0.907. The van der Waals surface area contributed by atoms with Crippen LogP contribution in [-0.2, 0) is 10.2 Å². The number of carbonyl (C=O) groups excluding carboxylic acids is 2. The Hall–Kier alpha value is -3.55. The summed E-state index contributed by atoms with van der Waals surface area (Å²) in [6, 6.07) is 12.8. The van der Waals surface area contributed by atoms with Gasteiger partial charge in [0.15, 0.2) is 11.5 Å². The highest BCUT2D eigenvalue weighted by Gasteiger charge is 2.55. The summed E-state index contributed by atoms with van der Waals surface area (Å²) in [7, 11) is 1.62. The zero-order valence-electron chi connectivity index (χ0n) is 17.2. The molecule has 1 saturated heterocycles. The molecular formula is C23H23N3O5. The summed E-state index contributed by atoms with van der Waals surface area (Å²) in [5, 5.41) is 4.23. The number of piperazine rings is 1. The largest absolute Gasteiger partial charge is 0.497 e. The second-order valence-corrected chi connectivity index (χ2v) is 7.95. The van der Waals surface area contributed by atoms with Gasteiger partial charge in [0.2, 0.25) is 5.91 Å². The molecule has 1 aromatic carbocycles. The predicted octanol–water partition coefficient (Wildman–Crippen LogP) is 2.96. The van der Waals surface area contributed by atoms with Crippen LogP contribution in [0.5, 0.6) is 5.75 Å². The lowest BCUT2D eigenvalue weighted by Gasteiger charge is -2.36. The standard InChI is InChI=1S/C23H23N3O5/c1-29-17-5-2-4-16(14-17)19-15-20(24-31-19)23(7-8-23)22(28)26-11-9-25(10-12-26)21(27)18-6-3-13-30-18/h2-6,13-15H,7-12H2,1H3. The summed E-state index contributed by atoms with van der Waals surface area (Å²) in [5.74, 6) is 1.59. The molecule has 8 nitrogen and oxygen atoms in total. The average molecular weight is 421 g/mol. The molecule has 3 aromatic rings. The van der Waals surface area contributed by atoms with E-state index in [1.165, 1.54) is 6.26 Å². The van der Waals surface area contributed by atoms with Crippen molar-refractivity contribution in [3.63, 3.8) is 0 Å². The molecule has 1 saturated carbocycles. The highest BCUT2D eigenvalue weighted by molar-refractivity contribution is 5.93. The van der Waals surface area contributed by atoms with E-state index in [0.717, 1.165) is 24.2 Å². The molecule has 5 rings (SSSR count). The third kappa shape index (κ3) is 3.48. The minimum atomic E-state index is -0.617. The van der Waals surface area contributed by atoms with Gasteiger partial charge in [-0.2, -0.15) is 0 Å². The Bertz CT molecular complexity index is 1090. The summed E-state index contributed by atoms with van der Waals surface area (Å²) >= 11 is 0. The molecule has 0 unspecified atom stereocenters. The van der Waals surface area contributed by atoms with E-state index in [1.807, 2.05) is 35.2 Å². The molecule has 0 radical (unpaired) electrons. The van der Waals surface area contributed by atoms with E-state index in [2.05, 4.69) is 5.16 Å². The van der Waals surface area contributed by atoms with E-state index >= 15 is 0 Å². The Balaban J connectivity index is 1.27. The maximum Gasteiger partial charge on any atom is 0.289 e. The molecule has 2 aliphatic rings. The molecule has 1 aliphatic heterocycles. The summed E-state index contributed by atoms with van der Waals surface area (Å²) in [4.78, 5) is 29.3. The van der Waals surface area contributed by atoms with E-state index in [1.54, 1.807) is 24.1 Å². The van der Waals surface area contributed by atoms with Gasteiger partial charge in [-0.3, -0.25) is 9.59 Å². The lowest BCUT2D eigenvalue weighted by molar-refractivity contribution is -0.135. The van der Waals surface area contributed by atoms with Gasteiger partial charge in [0, 0.05) is 37.8 Å². The highest BCUT2D eigenvalue weighted by atomic mass is 16.5. The maximum absolute atomic E-state index is 13.3. The van der Waals surface area contributed by atoms with E-state index in [0.29, 0.717) is 43.4 Å². The predicted molar refractivity (Wildman–Crippen MR) is 111 cm³/mol. The first-order valence-corrected chi connectivity index (χ1v) is 10.3. The van der Waals surface area contributed by atoms with Crippen LogP contribution in [0.3, 0.4) is 0 Å². The summed E-state index contributed by atoms with van der Waals surface area (Å²) in [6.45, 7) is 1.95. The lowest BCUT2D eigenvalue weighted by atomic mass is 9.99. The third-order valence-corrected chi connectivity index (χ3v) is 6.10. The second-order valence-electron chi connectivity index (χ2n) is 7.95. The Morgan fingerprint density at radius 3 is 2.48 bits per heavy atom. The smallest absolute Gasteiger partial charge is 0.289 e. The van der Waals surface area contributed by atoms with Gasteiger partial charge >= 0.3 is 0 Å². The van der Waals surface area contributed by atoms with Gasteiger partial charge in [-0.1, -0.05) is 17.3 Å². The van der Waals surface area contributed by atoms with E-state index in [-0.39, 0.29) is 11.8 Å². The molecule has 1 aliphatic carbocycles. The Labute approximate surface area is 179 Å². The van der Waals surface area contributed by atoms with Crippen LogP contribution in [0.4, 0.5) is 0 Å². The average Bonchev–Trinajstić information content (AvgIpc) is 3.21. The first kappa shape index (κ1) is 19.4. The number of hydrogen-bond donors (Lipinski definition) is 0. The molecule has 31 heavy (non-hydrogen) atoms. The normalized spacial score (nSPS) is 17.5. The molecule has 2 fully saturated rings. The fourth-order valence-electron chi connectivity index (χ4n) is 4.09. The van der Waals surface area contributed by atoms with Crippen molar-refractivity contribution in [3.05, 3.63) is 60.2 Å². The number of benzene rings is 1. The van der Waals surface area contributed by atoms with E-state index in [9.17, 15) is 9.59 Å². The topological polar surface area (TPSA) is 89.0 Å². The van der Waals surface area contributed by atoms with Gasteiger partial charge in [0.05, 0.1) is 24.5 Å². The number of hydrogen-bond acceptors (Lipinski definition) is 6. The van der Waals surface area contributed by atoms with Crippen LogP contribution in [0.1, 0.15) is 29.1 Å². The number of aromatic nitrogens is 1. The first-order valence-electron chi connectivity index (χ1n) is 10.3. The molecule has 160 valence electrons. The van der Waals surface area contributed by atoms with Crippen molar-refractivity contribution < 1.29 is 23.3 Å². The molecule has 8 heteroatoms. The van der Waals surface area contributed by atoms with Crippen LogP contribution in [-0.4, -0.2) is 60.1 Å². The van der Waals surface area contributed by atoms with Crippen molar-refractivity contribution in [3.8, 4) is 17.1 Å². The molecule has 2 amide bonds. The molecule has 2 aromatic heterocycles. The second kappa shape index (κ2) is 7.61. The van der Waals surface area contributed by atoms with Crippen LogP contribution in [0, 0.1) is 0 Å². The van der Waals surface area contributed by atoms with Gasteiger partial charge in [-0.15, -0.1) is 0 Å². The fourth-order valence-corrected chi connectivity index (χ4v) is 4.09. The van der Waals surface area contributed by atoms with Gasteiger partial charge in [0.25, 0.3) is 5.91 Å². The zero-order chi connectivity index (χ0) is 21.4. The van der Waals surface area contributed by atoms with Gasteiger partial charge in [-0.05, 0) is 37.1 Å². The minimum absolute atomic E-state index is 0.0584. The van der Waals surface area contributed by atoms with Crippen LogP contribution in [0.15, 0.2) is 57.7 Å². The van der Waals surface area contributed by atoms with Crippen LogP contribution in [0.2, 0.25) is 0 Å². The van der Waals surface area contributed by atoms with Crippen molar-refractivity contribution >= 4 is 11.8 Å².